The lowest BCUT2D eigenvalue weighted by Gasteiger charge is -2.20. The number of benzene rings is 9. The van der Waals surface area contributed by atoms with E-state index in [1.54, 1.807) is 0 Å². The van der Waals surface area contributed by atoms with Crippen molar-refractivity contribution in [1.29, 1.82) is 0 Å². The summed E-state index contributed by atoms with van der Waals surface area (Å²) in [6.45, 7) is 0. The Morgan fingerprint density at radius 1 is 0.179 bits per heavy atom. The molecule has 0 saturated carbocycles. The molecule has 0 atom stereocenters. The van der Waals surface area contributed by atoms with Crippen LogP contribution in [0.5, 0.6) is 0 Å². The number of allylic oxidation sites excluding steroid dienone is 5. The molecule has 56 heavy (non-hydrogen) atoms. The molecule has 0 unspecified atom stereocenters. The maximum absolute atomic E-state index is 2.49. The van der Waals surface area contributed by atoms with Crippen molar-refractivity contribution >= 4 is 49.4 Å². The Morgan fingerprint density at radius 3 is 1.00 bits per heavy atom. The molecule has 0 spiro atoms. The van der Waals surface area contributed by atoms with Crippen molar-refractivity contribution in [3.8, 4) is 22.3 Å². The Morgan fingerprint density at radius 2 is 0.518 bits per heavy atom. The third-order valence-corrected chi connectivity index (χ3v) is 11.6. The zero-order valence-corrected chi connectivity index (χ0v) is 30.8. The Bertz CT molecular complexity index is 3060. The van der Waals surface area contributed by atoms with Crippen LogP contribution >= 0.6 is 0 Å². The van der Waals surface area contributed by atoms with Gasteiger partial charge in [-0.1, -0.05) is 206 Å². The van der Waals surface area contributed by atoms with Crippen LogP contribution in [0.25, 0.3) is 71.7 Å². The van der Waals surface area contributed by atoms with Crippen LogP contribution in [-0.2, 0) is 0 Å². The van der Waals surface area contributed by atoms with E-state index in [4.69, 9.17) is 0 Å². The third-order valence-electron chi connectivity index (χ3n) is 11.6. The summed E-state index contributed by atoms with van der Waals surface area (Å²) in [5.74, 6) is 0. The van der Waals surface area contributed by atoms with E-state index >= 15 is 0 Å². The van der Waals surface area contributed by atoms with Crippen LogP contribution in [0.3, 0.4) is 0 Å². The molecule has 0 amide bonds. The summed E-state index contributed by atoms with van der Waals surface area (Å²) in [6.07, 6.45) is 0. The van der Waals surface area contributed by atoms with E-state index in [1.807, 2.05) is 0 Å². The summed E-state index contributed by atoms with van der Waals surface area (Å²) in [6, 6.07) is 80.3. The highest BCUT2D eigenvalue weighted by Crippen LogP contribution is 2.63. The fraction of sp³-hybridized carbons (Fsp3) is 0. The molecule has 11 rings (SSSR count). The molecular formula is C56H36. The normalized spacial score (nSPS) is 13.5. The Hall–Kier alpha value is -7.28. The van der Waals surface area contributed by atoms with Crippen LogP contribution in [0.1, 0.15) is 33.4 Å². The lowest BCUT2D eigenvalue weighted by molar-refractivity contribution is 1.52. The maximum Gasteiger partial charge on any atom is -0.000115 e. The first-order chi connectivity index (χ1) is 27.8. The molecule has 260 valence electrons. The standard InChI is InChI=1S/C56H36/c1-5-19-39(20-6-1)47-35-49-50(36-48(47)40-21-7-2-8-22-40)55-52(42-27-11-4-12-28-42)53(45-33-17-29-37-23-13-15-31-43(37)45)54(56(55)51(49)41-25-9-3-10-26-41)46-34-18-30-38-24-14-16-32-44(38)46/h1-36H. The Labute approximate surface area is 327 Å². The van der Waals surface area contributed by atoms with Gasteiger partial charge in [0.15, 0.2) is 0 Å². The van der Waals surface area contributed by atoms with Gasteiger partial charge < -0.3 is 0 Å². The molecule has 0 aliphatic heterocycles. The minimum atomic E-state index is 1.21. The molecular weight excluding hydrogens is 673 g/mol. The number of hydrogen-bond donors (Lipinski definition) is 0. The van der Waals surface area contributed by atoms with Gasteiger partial charge in [-0.2, -0.15) is 0 Å². The minimum Gasteiger partial charge on any atom is -0.0622 e. The summed E-state index contributed by atoms with van der Waals surface area (Å²) in [5.41, 5.74) is 20.1. The van der Waals surface area contributed by atoms with Crippen molar-refractivity contribution in [3.63, 3.8) is 0 Å². The molecule has 0 nitrogen and oxygen atoms in total. The Balaban J connectivity index is 1.36. The van der Waals surface area contributed by atoms with E-state index in [0.29, 0.717) is 0 Å². The van der Waals surface area contributed by atoms with Gasteiger partial charge in [0.25, 0.3) is 0 Å². The highest BCUT2D eigenvalue weighted by molar-refractivity contribution is 6.41. The van der Waals surface area contributed by atoms with Gasteiger partial charge in [-0.15, -0.1) is 0 Å². The predicted octanol–water partition coefficient (Wildman–Crippen LogP) is 14.7. The highest BCUT2D eigenvalue weighted by atomic mass is 14.4. The van der Waals surface area contributed by atoms with Crippen molar-refractivity contribution < 1.29 is 0 Å². The maximum atomic E-state index is 2.49. The molecule has 9 aromatic rings. The first-order valence-corrected chi connectivity index (χ1v) is 19.4. The highest BCUT2D eigenvalue weighted by Gasteiger charge is 2.41. The molecule has 2 aliphatic carbocycles. The smallest absolute Gasteiger partial charge is 0.000115 e. The molecule has 0 heteroatoms. The second kappa shape index (κ2) is 13.2. The number of hydrogen-bond acceptors (Lipinski definition) is 0. The zero-order chi connectivity index (χ0) is 37.0. The molecule has 0 saturated heterocycles. The summed E-state index contributed by atoms with van der Waals surface area (Å²) < 4.78 is 0. The Kier molecular flexibility index (Phi) is 7.60. The molecule has 0 aromatic heterocycles. The van der Waals surface area contributed by atoms with Gasteiger partial charge in [0.05, 0.1) is 0 Å². The molecule has 0 heterocycles. The van der Waals surface area contributed by atoms with Crippen molar-refractivity contribution in [2.45, 2.75) is 0 Å². The molecule has 0 fully saturated rings. The second-order valence-corrected chi connectivity index (χ2v) is 14.7. The molecule has 0 radical (unpaired) electrons. The summed E-state index contributed by atoms with van der Waals surface area (Å²) >= 11 is 0. The van der Waals surface area contributed by atoms with Crippen LogP contribution in [0.15, 0.2) is 224 Å². The number of fused-ring (bicyclic) bond motifs is 5. The van der Waals surface area contributed by atoms with Crippen LogP contribution in [0, 0.1) is 0 Å². The molecule has 2 aliphatic rings. The van der Waals surface area contributed by atoms with Crippen molar-refractivity contribution in [2.24, 2.45) is 0 Å². The first kappa shape index (κ1) is 32.2. The van der Waals surface area contributed by atoms with Gasteiger partial charge in [0.1, 0.15) is 0 Å². The van der Waals surface area contributed by atoms with E-state index in [0.717, 1.165) is 0 Å². The quantitative estimate of drug-likeness (QED) is 0.161. The average molecular weight is 709 g/mol. The van der Waals surface area contributed by atoms with Gasteiger partial charge >= 0.3 is 0 Å². The molecule has 0 bridgehead atoms. The van der Waals surface area contributed by atoms with Crippen LogP contribution in [0.2, 0.25) is 0 Å². The minimum absolute atomic E-state index is 1.21. The van der Waals surface area contributed by atoms with E-state index in [2.05, 4.69) is 218 Å². The van der Waals surface area contributed by atoms with E-state index < -0.39 is 0 Å². The largest absolute Gasteiger partial charge is 0.0622 e. The SMILES string of the molecule is c1ccc(C2=C3C(=C(c4ccccc4)c4cc(-c5ccccc5)c(-c5ccccc5)cc43)C(c3cccc4ccccc34)=C2c2cccc3ccccc23)cc1. The lowest BCUT2D eigenvalue weighted by Crippen LogP contribution is -1.98. The molecule has 0 N–H and O–H groups in total. The predicted molar refractivity (Wildman–Crippen MR) is 238 cm³/mol. The van der Waals surface area contributed by atoms with Crippen LogP contribution < -0.4 is 0 Å². The van der Waals surface area contributed by atoms with E-state index in [-0.39, 0.29) is 0 Å². The van der Waals surface area contributed by atoms with Crippen molar-refractivity contribution in [1.82, 2.24) is 0 Å². The summed E-state index contributed by atoms with van der Waals surface area (Å²) in [4.78, 5) is 0. The summed E-state index contributed by atoms with van der Waals surface area (Å²) in [5, 5.41) is 4.98. The molecule has 9 aromatic carbocycles. The van der Waals surface area contributed by atoms with Crippen molar-refractivity contribution in [2.75, 3.05) is 0 Å². The fourth-order valence-electron chi connectivity index (χ4n) is 9.23. The monoisotopic (exact) mass is 708 g/mol. The second-order valence-electron chi connectivity index (χ2n) is 14.7. The number of rotatable bonds is 6. The zero-order valence-electron chi connectivity index (χ0n) is 30.8. The third kappa shape index (κ3) is 5.08. The van der Waals surface area contributed by atoms with Crippen LogP contribution in [0.4, 0.5) is 0 Å². The average Bonchev–Trinajstić information content (AvgIpc) is 3.78. The topological polar surface area (TPSA) is 0 Å². The van der Waals surface area contributed by atoms with Gasteiger partial charge in [-0.05, 0) is 123 Å². The van der Waals surface area contributed by atoms with Gasteiger partial charge in [0, 0.05) is 0 Å². The van der Waals surface area contributed by atoms with Crippen molar-refractivity contribution in [3.05, 3.63) is 257 Å². The van der Waals surface area contributed by atoms with E-state index in [1.165, 1.54) is 111 Å². The lowest BCUT2D eigenvalue weighted by atomic mass is 9.83. The fourth-order valence-corrected chi connectivity index (χ4v) is 9.23. The van der Waals surface area contributed by atoms with Crippen LogP contribution in [-0.4, -0.2) is 0 Å². The van der Waals surface area contributed by atoms with Gasteiger partial charge in [-0.3, -0.25) is 0 Å². The van der Waals surface area contributed by atoms with Gasteiger partial charge in [0.2, 0.25) is 0 Å². The van der Waals surface area contributed by atoms with E-state index in [9.17, 15) is 0 Å². The summed E-state index contributed by atoms with van der Waals surface area (Å²) in [7, 11) is 0. The van der Waals surface area contributed by atoms with Gasteiger partial charge in [-0.25, -0.2) is 0 Å². The first-order valence-electron chi connectivity index (χ1n) is 19.4.